The Balaban J connectivity index is 2.92. The van der Waals surface area contributed by atoms with Gasteiger partial charge >= 0.3 is 11.9 Å². The maximum Gasteiger partial charge on any atom is 0.322 e. The first-order chi connectivity index (χ1) is 10.0. The molecule has 1 rings (SSSR count). The molecule has 1 aromatic rings. The summed E-state index contributed by atoms with van der Waals surface area (Å²) in [5.41, 5.74) is 5.73. The molecule has 1 aromatic carbocycles. The molecule has 0 fully saturated rings. The Morgan fingerprint density at radius 2 is 1.91 bits per heavy atom. The molecule has 122 valence electrons. The highest BCUT2D eigenvalue weighted by Gasteiger charge is 2.36. The number of hydrogen-bond donors (Lipinski definition) is 2. The Morgan fingerprint density at radius 1 is 1.32 bits per heavy atom. The van der Waals surface area contributed by atoms with Crippen LogP contribution in [0.5, 0.6) is 0 Å². The van der Waals surface area contributed by atoms with Crippen LogP contribution in [-0.2, 0) is 20.7 Å². The number of benzene rings is 1. The summed E-state index contributed by atoms with van der Waals surface area (Å²) in [6, 6.07) is 3.84. The van der Waals surface area contributed by atoms with Crippen LogP contribution in [0.3, 0.4) is 0 Å². The van der Waals surface area contributed by atoms with Crippen molar-refractivity contribution in [1.29, 1.82) is 0 Å². The summed E-state index contributed by atoms with van der Waals surface area (Å²) in [6.07, 6.45) is 0.117. The molecule has 3 N–H and O–H groups in total. The van der Waals surface area contributed by atoms with Gasteiger partial charge in [0.2, 0.25) is 0 Å². The summed E-state index contributed by atoms with van der Waals surface area (Å²) in [4.78, 5) is 23.4. The van der Waals surface area contributed by atoms with Gasteiger partial charge in [0.15, 0.2) is 5.92 Å². The van der Waals surface area contributed by atoms with Crippen LogP contribution in [0, 0.1) is 5.92 Å². The molecule has 2 atom stereocenters. The van der Waals surface area contributed by atoms with Gasteiger partial charge in [-0.05, 0) is 44.9 Å². The number of carboxylic acids is 1. The minimum absolute atomic E-state index is 0.117. The van der Waals surface area contributed by atoms with Crippen molar-refractivity contribution in [3.8, 4) is 0 Å². The topological polar surface area (TPSA) is 89.6 Å². The molecule has 0 amide bonds. The average molecular weight is 348 g/mol. The van der Waals surface area contributed by atoms with Crippen LogP contribution < -0.4 is 5.73 Å². The largest absolute Gasteiger partial charge is 0.481 e. The zero-order valence-electron chi connectivity index (χ0n) is 12.6. The van der Waals surface area contributed by atoms with E-state index in [1.165, 1.54) is 6.07 Å². The van der Waals surface area contributed by atoms with Crippen LogP contribution in [0.15, 0.2) is 18.2 Å². The molecule has 22 heavy (non-hydrogen) atoms. The Hall–Kier alpha value is -1.30. The van der Waals surface area contributed by atoms with Crippen LogP contribution in [0.4, 0.5) is 0 Å². The number of carbonyl (C=O) groups excluding carboxylic acids is 1. The van der Waals surface area contributed by atoms with Crippen LogP contribution in [0.2, 0.25) is 10.0 Å². The molecule has 0 spiro atoms. The number of carbonyl (C=O) groups is 2. The third-order valence-electron chi connectivity index (χ3n) is 2.83. The van der Waals surface area contributed by atoms with Crippen molar-refractivity contribution in [3.63, 3.8) is 0 Å². The fourth-order valence-electron chi connectivity index (χ4n) is 1.88. The van der Waals surface area contributed by atoms with Gasteiger partial charge in [-0.25, -0.2) is 0 Å². The van der Waals surface area contributed by atoms with Gasteiger partial charge in [-0.2, -0.15) is 0 Å². The Labute approximate surface area is 139 Å². The summed E-state index contributed by atoms with van der Waals surface area (Å²) in [5.74, 6) is -3.66. The highest BCUT2D eigenvalue weighted by Crippen LogP contribution is 2.24. The number of hydrogen-bond acceptors (Lipinski definition) is 4. The van der Waals surface area contributed by atoms with Crippen LogP contribution >= 0.6 is 23.2 Å². The lowest BCUT2D eigenvalue weighted by molar-refractivity contribution is -0.167. The molecule has 0 aliphatic carbocycles. The van der Waals surface area contributed by atoms with Crippen molar-refractivity contribution < 1.29 is 19.4 Å². The highest BCUT2D eigenvalue weighted by molar-refractivity contribution is 6.35. The second-order valence-corrected chi connectivity index (χ2v) is 6.80. The van der Waals surface area contributed by atoms with Gasteiger partial charge in [0, 0.05) is 16.1 Å². The third kappa shape index (κ3) is 5.48. The normalized spacial score (nSPS) is 14.3. The molecule has 0 aliphatic heterocycles. The van der Waals surface area contributed by atoms with Crippen LogP contribution in [-0.4, -0.2) is 28.7 Å². The molecule has 0 saturated heterocycles. The van der Waals surface area contributed by atoms with Gasteiger partial charge < -0.3 is 15.6 Å². The summed E-state index contributed by atoms with van der Waals surface area (Å²) >= 11 is 11.8. The second kappa shape index (κ2) is 7.31. The number of ether oxygens (including phenoxy) is 1. The maximum absolute atomic E-state index is 12.0. The van der Waals surface area contributed by atoms with E-state index in [2.05, 4.69) is 0 Å². The quantitative estimate of drug-likeness (QED) is 0.631. The average Bonchev–Trinajstić information content (AvgIpc) is 2.29. The van der Waals surface area contributed by atoms with Gasteiger partial charge in [0.05, 0.1) is 0 Å². The minimum Gasteiger partial charge on any atom is -0.481 e. The zero-order valence-corrected chi connectivity index (χ0v) is 14.1. The molecule has 0 unspecified atom stereocenters. The lowest BCUT2D eigenvalue weighted by atomic mass is 9.94. The molecule has 5 nitrogen and oxygen atoms in total. The number of rotatable bonds is 5. The van der Waals surface area contributed by atoms with Gasteiger partial charge in [-0.1, -0.05) is 29.3 Å². The van der Waals surface area contributed by atoms with E-state index >= 15 is 0 Å². The maximum atomic E-state index is 12.0. The first-order valence-electron chi connectivity index (χ1n) is 6.66. The number of halogens is 2. The molecular formula is C15H19Cl2NO4. The molecule has 0 saturated carbocycles. The van der Waals surface area contributed by atoms with Crippen molar-refractivity contribution >= 4 is 35.1 Å². The first kappa shape index (κ1) is 18.7. The second-order valence-electron chi connectivity index (χ2n) is 5.95. The van der Waals surface area contributed by atoms with E-state index in [0.717, 1.165) is 0 Å². The standard InChI is InChI=1S/C15H19Cl2NO4/c1-15(2,3)22-14(21)12(13(19)20)11(18)6-8-4-5-9(16)7-10(8)17/h4-5,7,11-12H,6,18H2,1-3H3,(H,19,20)/t11-,12-/m1/s1. The highest BCUT2D eigenvalue weighted by atomic mass is 35.5. The minimum atomic E-state index is -1.47. The molecule has 7 heteroatoms. The van der Waals surface area contributed by atoms with Crippen molar-refractivity contribution in [2.45, 2.75) is 38.8 Å². The SMILES string of the molecule is CC(C)(C)OC(=O)[C@@H](C(=O)O)[C@H](N)Cc1ccc(Cl)cc1Cl. The zero-order chi connectivity index (χ0) is 17.1. The fourth-order valence-corrected chi connectivity index (χ4v) is 2.37. The van der Waals surface area contributed by atoms with Gasteiger partial charge in [-0.15, -0.1) is 0 Å². The molecule has 0 aliphatic rings. The molecular weight excluding hydrogens is 329 g/mol. The predicted molar refractivity (Wildman–Crippen MR) is 85.1 cm³/mol. The summed E-state index contributed by atoms with van der Waals surface area (Å²) in [5, 5.41) is 10.1. The first-order valence-corrected chi connectivity index (χ1v) is 7.42. The molecule has 0 heterocycles. The molecule has 0 aromatic heterocycles. The van der Waals surface area contributed by atoms with E-state index in [1.807, 2.05) is 0 Å². The van der Waals surface area contributed by atoms with Crippen molar-refractivity contribution in [2.75, 3.05) is 0 Å². The fraction of sp³-hybridized carbons (Fsp3) is 0.467. The Bertz CT molecular complexity index is 569. The van der Waals surface area contributed by atoms with Gasteiger partial charge in [0.1, 0.15) is 5.60 Å². The van der Waals surface area contributed by atoms with Crippen molar-refractivity contribution in [3.05, 3.63) is 33.8 Å². The van der Waals surface area contributed by atoms with E-state index in [9.17, 15) is 14.7 Å². The predicted octanol–water partition coefficient (Wildman–Crippen LogP) is 2.91. The van der Waals surface area contributed by atoms with Gasteiger partial charge in [-0.3, -0.25) is 9.59 Å². The van der Waals surface area contributed by atoms with Crippen LogP contribution in [0.1, 0.15) is 26.3 Å². The number of carboxylic acid groups (broad SMARTS) is 1. The van der Waals surface area contributed by atoms with E-state index < -0.39 is 29.5 Å². The van der Waals surface area contributed by atoms with E-state index in [1.54, 1.807) is 32.9 Å². The number of esters is 1. The van der Waals surface area contributed by atoms with E-state index in [4.69, 9.17) is 33.7 Å². The third-order valence-corrected chi connectivity index (χ3v) is 3.41. The Kier molecular flexibility index (Phi) is 6.23. The summed E-state index contributed by atoms with van der Waals surface area (Å²) < 4.78 is 5.12. The van der Waals surface area contributed by atoms with Crippen molar-refractivity contribution in [1.82, 2.24) is 0 Å². The number of nitrogens with two attached hydrogens (primary N) is 1. The van der Waals surface area contributed by atoms with Crippen molar-refractivity contribution in [2.24, 2.45) is 11.7 Å². The smallest absolute Gasteiger partial charge is 0.322 e. The number of aliphatic carboxylic acids is 1. The summed E-state index contributed by atoms with van der Waals surface area (Å²) in [6.45, 7) is 4.97. The van der Waals surface area contributed by atoms with E-state index in [-0.39, 0.29) is 6.42 Å². The summed E-state index contributed by atoms with van der Waals surface area (Å²) in [7, 11) is 0. The van der Waals surface area contributed by atoms with E-state index in [0.29, 0.717) is 15.6 Å². The van der Waals surface area contributed by atoms with Crippen LogP contribution in [0.25, 0.3) is 0 Å². The Morgan fingerprint density at radius 3 is 2.36 bits per heavy atom. The molecule has 0 radical (unpaired) electrons. The monoisotopic (exact) mass is 347 g/mol. The molecule has 0 bridgehead atoms. The lowest BCUT2D eigenvalue weighted by Gasteiger charge is -2.25. The van der Waals surface area contributed by atoms with Gasteiger partial charge in [0.25, 0.3) is 0 Å². The lowest BCUT2D eigenvalue weighted by Crippen LogP contribution is -2.45.